The highest BCUT2D eigenvalue weighted by atomic mass is 16.4. The van der Waals surface area contributed by atoms with Gasteiger partial charge in [-0.1, -0.05) is 0 Å². The Labute approximate surface area is 176 Å². The van der Waals surface area contributed by atoms with Gasteiger partial charge in [-0.05, 0) is 24.3 Å². The summed E-state index contributed by atoms with van der Waals surface area (Å²) in [5.41, 5.74) is 0.179. The summed E-state index contributed by atoms with van der Waals surface area (Å²) in [7, 11) is 0. The minimum atomic E-state index is -0.986. The van der Waals surface area contributed by atoms with Crippen LogP contribution in [0.3, 0.4) is 0 Å². The number of nitrogens with zero attached hydrogens (tertiary/aromatic N) is 2. The van der Waals surface area contributed by atoms with Crippen LogP contribution in [0.2, 0.25) is 0 Å². The second-order valence-corrected chi connectivity index (χ2v) is 5.88. The van der Waals surface area contributed by atoms with Crippen molar-refractivity contribution in [1.29, 1.82) is 0 Å². The first-order valence-electron chi connectivity index (χ1n) is 9.52. The van der Waals surface area contributed by atoms with E-state index in [-0.39, 0.29) is 51.0 Å². The average molecular weight is 437 g/mol. The first-order chi connectivity index (χ1) is 14.4. The van der Waals surface area contributed by atoms with Gasteiger partial charge in [0.25, 0.3) is 0 Å². The van der Waals surface area contributed by atoms with Crippen molar-refractivity contribution < 1.29 is 45.6 Å². The van der Waals surface area contributed by atoms with Crippen molar-refractivity contribution in [1.82, 2.24) is 9.80 Å². The van der Waals surface area contributed by atoms with Crippen LogP contribution in [0, 0.1) is 0 Å². The molecule has 176 valence electrons. The van der Waals surface area contributed by atoms with Gasteiger partial charge in [0.15, 0.2) is 0 Å². The Hall–Kier alpha value is -1.83. The normalized spacial score (nSPS) is 10.3. The lowest BCUT2D eigenvalue weighted by atomic mass is 10.2. The first-order valence-corrected chi connectivity index (χ1v) is 9.52. The van der Waals surface area contributed by atoms with Gasteiger partial charge in [0.2, 0.25) is 0 Å². The molecule has 0 aromatic heterocycles. The second kappa shape index (κ2) is 21.9. The van der Waals surface area contributed by atoms with E-state index in [2.05, 4.69) is 0 Å². The maximum atomic E-state index is 10.2. The third-order valence-corrected chi connectivity index (χ3v) is 3.61. The maximum absolute atomic E-state index is 10.2. The Balaban J connectivity index is 0. The van der Waals surface area contributed by atoms with Crippen LogP contribution in [0.1, 0.15) is 10.4 Å². The second-order valence-electron chi connectivity index (χ2n) is 5.88. The molecule has 0 heterocycles. The number of hydrogen-bond acceptors (Lipinski definition) is 10. The fourth-order valence-electron chi connectivity index (χ4n) is 2.12. The van der Waals surface area contributed by atoms with Crippen LogP contribution in [0.25, 0.3) is 0 Å². The number of aromatic hydroxyl groups is 1. The summed E-state index contributed by atoms with van der Waals surface area (Å²) in [6, 6.07) is 5.36. The Kier molecular flexibility index (Phi) is 22.1. The van der Waals surface area contributed by atoms with Crippen LogP contribution in [0.5, 0.6) is 5.75 Å². The third-order valence-electron chi connectivity index (χ3n) is 3.61. The molecule has 30 heavy (non-hydrogen) atoms. The van der Waals surface area contributed by atoms with Gasteiger partial charge in [0.05, 0.1) is 45.2 Å². The Bertz CT molecular complexity index is 457. The molecular formula is C19H36N2O9. The van der Waals surface area contributed by atoms with Crippen LogP contribution < -0.4 is 0 Å². The summed E-state index contributed by atoms with van der Waals surface area (Å²) in [6.07, 6.45) is 0. The minimum absolute atomic E-state index is 0.0694. The molecule has 11 heteroatoms. The topological polar surface area (TPSA) is 185 Å². The van der Waals surface area contributed by atoms with E-state index in [0.29, 0.717) is 39.3 Å². The van der Waals surface area contributed by atoms with E-state index in [4.69, 9.17) is 40.9 Å². The molecule has 0 aliphatic rings. The van der Waals surface area contributed by atoms with Crippen LogP contribution >= 0.6 is 0 Å². The zero-order valence-electron chi connectivity index (χ0n) is 17.2. The van der Waals surface area contributed by atoms with Crippen molar-refractivity contribution in [2.75, 3.05) is 78.9 Å². The van der Waals surface area contributed by atoms with Crippen LogP contribution in [0.15, 0.2) is 24.3 Å². The number of hydrogen-bond donors (Lipinski definition) is 8. The summed E-state index contributed by atoms with van der Waals surface area (Å²) >= 11 is 0. The highest BCUT2D eigenvalue weighted by Crippen LogP contribution is 2.08. The van der Waals surface area contributed by atoms with Crippen molar-refractivity contribution in [3.63, 3.8) is 0 Å². The van der Waals surface area contributed by atoms with E-state index in [1.807, 2.05) is 0 Å². The molecule has 0 spiro atoms. The number of carbonyl (C=O) groups is 1. The fraction of sp³-hybridized carbons (Fsp3) is 0.632. The van der Waals surface area contributed by atoms with E-state index in [0.717, 1.165) is 0 Å². The number of aliphatic hydroxyl groups is 6. The van der Waals surface area contributed by atoms with Crippen molar-refractivity contribution in [3.8, 4) is 5.75 Å². The molecule has 0 saturated carbocycles. The zero-order valence-corrected chi connectivity index (χ0v) is 17.2. The van der Waals surface area contributed by atoms with E-state index < -0.39 is 5.97 Å². The molecular weight excluding hydrogens is 400 g/mol. The number of rotatable bonds is 13. The number of aliphatic hydroxyl groups excluding tert-OH is 6. The lowest BCUT2D eigenvalue weighted by molar-refractivity contribution is 0.0696. The van der Waals surface area contributed by atoms with Crippen molar-refractivity contribution in [3.05, 3.63) is 29.8 Å². The number of benzene rings is 1. The van der Waals surface area contributed by atoms with Gasteiger partial charge in [-0.2, -0.15) is 0 Å². The molecule has 0 saturated heterocycles. The molecule has 1 aromatic rings. The predicted octanol–water partition coefficient (Wildman–Crippen LogP) is -2.38. The van der Waals surface area contributed by atoms with Gasteiger partial charge in [-0.25, -0.2) is 4.79 Å². The van der Waals surface area contributed by atoms with Gasteiger partial charge < -0.3 is 40.9 Å². The van der Waals surface area contributed by atoms with E-state index in [1.54, 1.807) is 9.80 Å². The first kappa shape index (κ1) is 30.4. The molecule has 0 unspecified atom stereocenters. The number of aromatic carboxylic acids is 1. The summed E-state index contributed by atoms with van der Waals surface area (Å²) in [5, 5.41) is 68.0. The van der Waals surface area contributed by atoms with Crippen molar-refractivity contribution in [2.24, 2.45) is 0 Å². The smallest absolute Gasteiger partial charge is 0.335 e. The molecule has 0 amide bonds. The minimum Gasteiger partial charge on any atom is -0.508 e. The van der Waals surface area contributed by atoms with Gasteiger partial charge in [0.1, 0.15) is 5.75 Å². The van der Waals surface area contributed by atoms with Crippen LogP contribution in [-0.4, -0.2) is 136 Å². The lowest BCUT2D eigenvalue weighted by Gasteiger charge is -2.17. The summed E-state index contributed by atoms with van der Waals surface area (Å²) in [4.78, 5) is 13.8. The number of carboxylic acids is 1. The Morgan fingerprint density at radius 3 is 1.07 bits per heavy atom. The molecule has 11 nitrogen and oxygen atoms in total. The standard InChI is InChI=1S/C7H6O3.2C6H15NO3/c8-6-3-1-5(2-4-6)7(9)10;2*8-4-1-7(2-5-9)3-6-10/h1-4,8H,(H,9,10);2*8-10H,1-6H2. The quantitative estimate of drug-likeness (QED) is 0.165. The van der Waals surface area contributed by atoms with Crippen molar-refractivity contribution >= 4 is 5.97 Å². The summed E-state index contributed by atoms with van der Waals surface area (Å²) in [5.74, 6) is -0.912. The van der Waals surface area contributed by atoms with Crippen LogP contribution in [-0.2, 0) is 0 Å². The van der Waals surface area contributed by atoms with Gasteiger partial charge in [-0.15, -0.1) is 0 Å². The summed E-state index contributed by atoms with van der Waals surface area (Å²) in [6.45, 7) is 3.51. The molecule has 0 atom stereocenters. The Morgan fingerprint density at radius 2 is 0.867 bits per heavy atom. The Morgan fingerprint density at radius 1 is 0.600 bits per heavy atom. The largest absolute Gasteiger partial charge is 0.508 e. The zero-order chi connectivity index (χ0) is 23.2. The molecule has 1 aromatic carbocycles. The maximum Gasteiger partial charge on any atom is 0.335 e. The molecule has 0 aliphatic heterocycles. The molecule has 1 rings (SSSR count). The molecule has 0 aliphatic carbocycles. The lowest BCUT2D eigenvalue weighted by Crippen LogP contribution is -2.32. The number of carboxylic acid groups (broad SMARTS) is 1. The highest BCUT2D eigenvalue weighted by molar-refractivity contribution is 5.87. The monoisotopic (exact) mass is 436 g/mol. The molecule has 0 fully saturated rings. The molecule has 0 radical (unpaired) electrons. The summed E-state index contributed by atoms with van der Waals surface area (Å²) < 4.78 is 0. The van der Waals surface area contributed by atoms with Gasteiger partial charge in [-0.3, -0.25) is 9.80 Å². The third kappa shape index (κ3) is 18.2. The molecule has 0 bridgehead atoms. The van der Waals surface area contributed by atoms with E-state index >= 15 is 0 Å². The van der Waals surface area contributed by atoms with E-state index in [1.165, 1.54) is 24.3 Å². The average Bonchev–Trinajstić information content (AvgIpc) is 2.71. The predicted molar refractivity (Wildman–Crippen MR) is 110 cm³/mol. The SMILES string of the molecule is O=C(O)c1ccc(O)cc1.OCCN(CCO)CCO.OCCN(CCO)CCO. The van der Waals surface area contributed by atoms with Crippen molar-refractivity contribution in [2.45, 2.75) is 0 Å². The molecule has 8 N–H and O–H groups in total. The van der Waals surface area contributed by atoms with Gasteiger partial charge in [0, 0.05) is 39.3 Å². The van der Waals surface area contributed by atoms with E-state index in [9.17, 15) is 4.79 Å². The number of phenols is 1. The van der Waals surface area contributed by atoms with Crippen LogP contribution in [0.4, 0.5) is 0 Å². The fourth-order valence-corrected chi connectivity index (χ4v) is 2.12. The van der Waals surface area contributed by atoms with Gasteiger partial charge >= 0.3 is 5.97 Å². The number of phenolic OH excluding ortho intramolecular Hbond substituents is 1. The highest BCUT2D eigenvalue weighted by Gasteiger charge is 2.01.